The number of benzene rings is 1. The van der Waals surface area contributed by atoms with E-state index >= 15 is 0 Å². The molecule has 2 nitrogen and oxygen atoms in total. The molecule has 0 saturated carbocycles. The normalized spacial score (nSPS) is 10.7. The predicted octanol–water partition coefficient (Wildman–Crippen LogP) is 3.58. The number of rotatable bonds is 2. The molecule has 94 valence electrons. The monoisotopic (exact) mass is 305 g/mol. The van der Waals surface area contributed by atoms with Gasteiger partial charge in [-0.15, -0.1) is 0 Å². The van der Waals surface area contributed by atoms with Crippen LogP contribution >= 0.6 is 15.9 Å². The highest BCUT2D eigenvalue weighted by Gasteiger charge is 2.03. The van der Waals surface area contributed by atoms with Gasteiger partial charge in [-0.2, -0.15) is 0 Å². The minimum Gasteiger partial charge on any atom is -0.310 e. The summed E-state index contributed by atoms with van der Waals surface area (Å²) in [6, 6.07) is 8.23. The van der Waals surface area contributed by atoms with Crippen LogP contribution in [0.5, 0.6) is 0 Å². The number of hydrogen-bond donors (Lipinski definition) is 0. The molecule has 1 aromatic heterocycles. The maximum Gasteiger partial charge on any atom is 0.253 e. The molecule has 0 aliphatic carbocycles. The fraction of sp³-hybridized carbons (Fsp3) is 0.267. The molecule has 18 heavy (non-hydrogen) atoms. The molecule has 1 aromatic carbocycles. The van der Waals surface area contributed by atoms with Gasteiger partial charge >= 0.3 is 0 Å². The standard InChI is InChI=1S/C15H16BrNO/c1-10-4-11(2)6-13(5-10)8-17-9-14(16)7-12(3)15(17)18/h4-7,9H,8H2,1-3H3. The summed E-state index contributed by atoms with van der Waals surface area (Å²) >= 11 is 3.43. The van der Waals surface area contributed by atoms with Crippen molar-refractivity contribution >= 4 is 15.9 Å². The number of pyridine rings is 1. The Kier molecular flexibility index (Phi) is 3.71. The lowest BCUT2D eigenvalue weighted by Gasteiger charge is -2.09. The van der Waals surface area contributed by atoms with E-state index in [2.05, 4.69) is 48.0 Å². The zero-order chi connectivity index (χ0) is 13.3. The van der Waals surface area contributed by atoms with E-state index in [4.69, 9.17) is 0 Å². The Hall–Kier alpha value is -1.35. The zero-order valence-corrected chi connectivity index (χ0v) is 12.4. The second-order valence-electron chi connectivity index (χ2n) is 4.77. The van der Waals surface area contributed by atoms with Crippen molar-refractivity contribution < 1.29 is 0 Å². The number of hydrogen-bond acceptors (Lipinski definition) is 1. The third-order valence-corrected chi connectivity index (χ3v) is 3.30. The summed E-state index contributed by atoms with van der Waals surface area (Å²) in [5.41, 5.74) is 4.44. The van der Waals surface area contributed by atoms with Crippen LogP contribution in [0.3, 0.4) is 0 Å². The molecule has 0 radical (unpaired) electrons. The SMILES string of the molecule is Cc1cc(C)cc(Cn2cc(Br)cc(C)c2=O)c1. The van der Waals surface area contributed by atoms with Crippen molar-refractivity contribution in [3.8, 4) is 0 Å². The number of halogens is 1. The van der Waals surface area contributed by atoms with Crippen molar-refractivity contribution in [2.45, 2.75) is 27.3 Å². The molecule has 0 saturated heterocycles. The van der Waals surface area contributed by atoms with Crippen LogP contribution in [0.25, 0.3) is 0 Å². The van der Waals surface area contributed by atoms with Gasteiger partial charge in [0.05, 0.1) is 6.54 Å². The maximum atomic E-state index is 12.0. The lowest BCUT2D eigenvalue weighted by Crippen LogP contribution is -2.22. The van der Waals surface area contributed by atoms with E-state index in [1.807, 2.05) is 19.2 Å². The highest BCUT2D eigenvalue weighted by molar-refractivity contribution is 9.10. The molecular weight excluding hydrogens is 290 g/mol. The largest absolute Gasteiger partial charge is 0.310 e. The van der Waals surface area contributed by atoms with Crippen LogP contribution in [0.4, 0.5) is 0 Å². The molecule has 0 aliphatic heterocycles. The minimum absolute atomic E-state index is 0.0670. The Labute approximate surface area is 115 Å². The molecule has 2 rings (SSSR count). The van der Waals surface area contributed by atoms with Crippen LogP contribution in [0.15, 0.2) is 39.7 Å². The van der Waals surface area contributed by atoms with Gasteiger partial charge in [0, 0.05) is 16.2 Å². The second-order valence-corrected chi connectivity index (χ2v) is 5.69. The average molecular weight is 306 g/mol. The van der Waals surface area contributed by atoms with E-state index in [1.54, 1.807) is 4.57 Å². The smallest absolute Gasteiger partial charge is 0.253 e. The molecule has 0 aliphatic rings. The van der Waals surface area contributed by atoms with Gasteiger partial charge < -0.3 is 4.57 Å². The molecule has 2 aromatic rings. The summed E-state index contributed by atoms with van der Waals surface area (Å²) in [7, 11) is 0. The summed E-state index contributed by atoms with van der Waals surface area (Å²) in [6.45, 7) is 6.60. The fourth-order valence-corrected chi connectivity index (χ4v) is 2.80. The Morgan fingerprint density at radius 2 is 1.67 bits per heavy atom. The lowest BCUT2D eigenvalue weighted by molar-refractivity contribution is 0.748. The first-order valence-electron chi connectivity index (χ1n) is 5.89. The van der Waals surface area contributed by atoms with Gasteiger partial charge in [0.2, 0.25) is 0 Å². The molecule has 1 heterocycles. The molecule has 0 spiro atoms. The number of aromatic nitrogens is 1. The molecule has 0 fully saturated rings. The van der Waals surface area contributed by atoms with E-state index in [-0.39, 0.29) is 5.56 Å². The molecule has 3 heteroatoms. The highest BCUT2D eigenvalue weighted by Crippen LogP contribution is 2.12. The summed E-state index contributed by atoms with van der Waals surface area (Å²) < 4.78 is 2.68. The van der Waals surface area contributed by atoms with E-state index in [0.717, 1.165) is 15.6 Å². The third-order valence-electron chi connectivity index (χ3n) is 2.87. The predicted molar refractivity (Wildman–Crippen MR) is 78.2 cm³/mol. The van der Waals surface area contributed by atoms with Gasteiger partial charge in [-0.25, -0.2) is 0 Å². The second kappa shape index (κ2) is 5.11. The first kappa shape index (κ1) is 13.1. The van der Waals surface area contributed by atoms with Crippen molar-refractivity contribution in [2.75, 3.05) is 0 Å². The van der Waals surface area contributed by atoms with Crippen LogP contribution in [0.1, 0.15) is 22.3 Å². The van der Waals surface area contributed by atoms with E-state index in [9.17, 15) is 4.79 Å². The Balaban J connectivity index is 2.43. The number of aryl methyl sites for hydroxylation is 3. The Morgan fingerprint density at radius 1 is 1.06 bits per heavy atom. The van der Waals surface area contributed by atoms with Crippen molar-refractivity contribution in [3.63, 3.8) is 0 Å². The zero-order valence-electron chi connectivity index (χ0n) is 10.8. The van der Waals surface area contributed by atoms with Crippen molar-refractivity contribution in [2.24, 2.45) is 0 Å². The van der Waals surface area contributed by atoms with Gasteiger partial charge in [0.15, 0.2) is 0 Å². The molecule has 0 atom stereocenters. The maximum absolute atomic E-state index is 12.0. The van der Waals surface area contributed by atoms with Crippen molar-refractivity contribution in [1.29, 1.82) is 0 Å². The van der Waals surface area contributed by atoms with Crippen LogP contribution in [-0.2, 0) is 6.54 Å². The summed E-state index contributed by atoms with van der Waals surface area (Å²) in [4.78, 5) is 12.0. The van der Waals surface area contributed by atoms with E-state index in [1.165, 1.54) is 11.1 Å². The molecule has 0 bridgehead atoms. The summed E-state index contributed by atoms with van der Waals surface area (Å²) in [6.07, 6.45) is 1.84. The quantitative estimate of drug-likeness (QED) is 0.831. The van der Waals surface area contributed by atoms with E-state index in [0.29, 0.717) is 6.54 Å². The molecule has 0 unspecified atom stereocenters. The third kappa shape index (κ3) is 2.91. The topological polar surface area (TPSA) is 22.0 Å². The Bertz CT molecular complexity index is 623. The number of nitrogens with zero attached hydrogens (tertiary/aromatic N) is 1. The van der Waals surface area contributed by atoms with Gasteiger partial charge in [-0.05, 0) is 48.3 Å². The lowest BCUT2D eigenvalue weighted by atomic mass is 10.1. The molecule has 0 N–H and O–H groups in total. The minimum atomic E-state index is 0.0670. The first-order valence-corrected chi connectivity index (χ1v) is 6.69. The Morgan fingerprint density at radius 3 is 2.28 bits per heavy atom. The molecule has 0 amide bonds. The van der Waals surface area contributed by atoms with Gasteiger partial charge in [0.25, 0.3) is 5.56 Å². The van der Waals surface area contributed by atoms with Crippen LogP contribution in [0, 0.1) is 20.8 Å². The van der Waals surface area contributed by atoms with Gasteiger partial charge in [-0.3, -0.25) is 4.79 Å². The first-order chi connectivity index (χ1) is 8.45. The van der Waals surface area contributed by atoms with Crippen molar-refractivity contribution in [1.82, 2.24) is 4.57 Å². The van der Waals surface area contributed by atoms with Gasteiger partial charge in [0.1, 0.15) is 0 Å². The van der Waals surface area contributed by atoms with Crippen LogP contribution in [0.2, 0.25) is 0 Å². The fourth-order valence-electron chi connectivity index (χ4n) is 2.21. The molecular formula is C15H16BrNO. The average Bonchev–Trinajstić information content (AvgIpc) is 2.23. The van der Waals surface area contributed by atoms with Crippen LogP contribution < -0.4 is 5.56 Å². The van der Waals surface area contributed by atoms with Gasteiger partial charge in [-0.1, -0.05) is 29.3 Å². The van der Waals surface area contributed by atoms with Crippen LogP contribution in [-0.4, -0.2) is 4.57 Å². The summed E-state index contributed by atoms with van der Waals surface area (Å²) in [5.74, 6) is 0. The van der Waals surface area contributed by atoms with E-state index < -0.39 is 0 Å². The van der Waals surface area contributed by atoms with Crippen molar-refractivity contribution in [3.05, 3.63) is 67.5 Å². The highest BCUT2D eigenvalue weighted by atomic mass is 79.9. The summed E-state index contributed by atoms with van der Waals surface area (Å²) in [5, 5.41) is 0.